The third-order valence-electron chi connectivity index (χ3n) is 15.5. The summed E-state index contributed by atoms with van der Waals surface area (Å²) in [5.41, 5.74) is 14.6. The Hall–Kier alpha value is -8.22. The molecule has 0 spiro atoms. The topological polar surface area (TPSA) is 48.5 Å². The summed E-state index contributed by atoms with van der Waals surface area (Å²) < 4.78 is 19.1. The quantitative estimate of drug-likeness (QED) is 0.167. The van der Waals surface area contributed by atoms with Gasteiger partial charge in [-0.2, -0.15) is 9.97 Å². The summed E-state index contributed by atoms with van der Waals surface area (Å²) in [5.74, 6) is 1.68. The molecule has 0 bridgehead atoms. The molecule has 0 radical (unpaired) electrons. The maximum Gasteiger partial charge on any atom is 0.238 e. The Morgan fingerprint density at radius 2 is 1.06 bits per heavy atom. The number of nitrogens with zero attached hydrogens (tertiary/aromatic N) is 5. The third kappa shape index (κ3) is 6.54. The number of fused-ring (bicyclic) bond motifs is 9. The van der Waals surface area contributed by atoms with Crippen LogP contribution in [0.4, 0.5) is 4.39 Å². The molecule has 3 heterocycles. The fraction of sp³-hybridized carbons (Fsp3) is 0.141. The van der Waals surface area contributed by atoms with E-state index in [-0.39, 0.29) is 16.6 Å². The molecule has 0 saturated carbocycles. The Morgan fingerprint density at radius 1 is 0.471 bits per heavy atom. The highest BCUT2D eigenvalue weighted by atomic mass is 19.1. The number of halogens is 1. The Morgan fingerprint density at radius 3 is 1.80 bits per heavy atom. The molecule has 338 valence electrons. The van der Waals surface area contributed by atoms with E-state index in [0.717, 1.165) is 83.2 Å². The van der Waals surface area contributed by atoms with Crippen LogP contribution in [0, 0.1) is 11.7 Å². The number of rotatable bonds is 6. The molecule has 0 amide bonds. The molecule has 3 aromatic heterocycles. The first-order valence-corrected chi connectivity index (χ1v) is 24.3. The average molecular weight is 908 g/mol. The molecule has 5 nitrogen and oxygen atoms in total. The van der Waals surface area contributed by atoms with Gasteiger partial charge in [-0.3, -0.25) is 4.57 Å². The van der Waals surface area contributed by atoms with Crippen molar-refractivity contribution in [1.29, 1.82) is 0 Å². The standard InChI is InChI=1S/C64H50FN5/c1-39-38-63(2,3)54-24-14-23-49(57(54)64(39,4)5)45-19-12-17-43(35-45)44-18-13-20-48(37-44)69-55-25-10-8-21-50(55)52-33-34-53-51-22-9-11-26-56(51)70(59(53)58(52)69)62-67-60(41-29-31-47(65)32-30-41)66-61(68-62)46-28-27-40-15-6-7-16-42(40)36-46/h6-37,39H,38H2,1-5H3. The van der Waals surface area contributed by atoms with Crippen molar-refractivity contribution < 1.29 is 4.39 Å². The van der Waals surface area contributed by atoms with Crippen molar-refractivity contribution >= 4 is 54.4 Å². The van der Waals surface area contributed by atoms with Crippen molar-refractivity contribution in [3.63, 3.8) is 0 Å². The first-order valence-electron chi connectivity index (χ1n) is 24.3. The van der Waals surface area contributed by atoms with Crippen LogP contribution in [-0.4, -0.2) is 24.1 Å². The third-order valence-corrected chi connectivity index (χ3v) is 15.5. The van der Waals surface area contributed by atoms with Gasteiger partial charge in [-0.1, -0.05) is 168 Å². The first kappa shape index (κ1) is 41.9. The largest absolute Gasteiger partial charge is 0.307 e. The maximum absolute atomic E-state index is 14.4. The van der Waals surface area contributed by atoms with Gasteiger partial charge in [-0.05, 0) is 128 Å². The van der Waals surface area contributed by atoms with Crippen LogP contribution in [0.15, 0.2) is 194 Å². The van der Waals surface area contributed by atoms with Crippen LogP contribution >= 0.6 is 0 Å². The first-order chi connectivity index (χ1) is 34.0. The lowest BCUT2D eigenvalue weighted by Gasteiger charge is -2.47. The zero-order valence-corrected chi connectivity index (χ0v) is 39.9. The molecule has 1 atom stereocenters. The summed E-state index contributed by atoms with van der Waals surface area (Å²) in [4.78, 5) is 15.7. The van der Waals surface area contributed by atoms with Gasteiger partial charge >= 0.3 is 0 Å². The average Bonchev–Trinajstić information content (AvgIpc) is 3.91. The van der Waals surface area contributed by atoms with E-state index in [1.165, 1.54) is 34.4 Å². The number of hydrogen-bond acceptors (Lipinski definition) is 3. The molecule has 0 fully saturated rings. The fourth-order valence-electron chi connectivity index (χ4n) is 11.7. The van der Waals surface area contributed by atoms with Gasteiger partial charge in [0.25, 0.3) is 0 Å². The van der Waals surface area contributed by atoms with Crippen molar-refractivity contribution in [3.8, 4) is 56.7 Å². The van der Waals surface area contributed by atoms with Gasteiger partial charge in [-0.15, -0.1) is 0 Å². The second-order valence-corrected chi connectivity index (χ2v) is 20.5. The summed E-state index contributed by atoms with van der Waals surface area (Å²) in [7, 11) is 0. The molecule has 70 heavy (non-hydrogen) atoms. The van der Waals surface area contributed by atoms with E-state index < -0.39 is 0 Å². The van der Waals surface area contributed by atoms with Gasteiger partial charge in [0.2, 0.25) is 5.95 Å². The number of para-hydroxylation sites is 2. The molecule has 1 aliphatic carbocycles. The van der Waals surface area contributed by atoms with E-state index in [1.54, 1.807) is 12.1 Å². The van der Waals surface area contributed by atoms with Crippen LogP contribution in [0.1, 0.15) is 52.2 Å². The van der Waals surface area contributed by atoms with Gasteiger partial charge in [0.15, 0.2) is 11.6 Å². The van der Waals surface area contributed by atoms with Gasteiger partial charge < -0.3 is 4.57 Å². The Bertz CT molecular complexity index is 4080. The number of hydrogen-bond donors (Lipinski definition) is 0. The zero-order valence-electron chi connectivity index (χ0n) is 39.9. The number of benzene rings is 9. The molecule has 0 N–H and O–H groups in total. The van der Waals surface area contributed by atoms with Crippen LogP contribution in [0.25, 0.3) is 111 Å². The Labute approximate surface area is 406 Å². The predicted octanol–water partition coefficient (Wildman–Crippen LogP) is 16.6. The molecule has 9 aromatic carbocycles. The fourth-order valence-corrected chi connectivity index (χ4v) is 11.7. The van der Waals surface area contributed by atoms with Crippen LogP contribution in [0.2, 0.25) is 0 Å². The van der Waals surface area contributed by atoms with Crippen molar-refractivity contribution in [1.82, 2.24) is 24.1 Å². The van der Waals surface area contributed by atoms with Gasteiger partial charge in [0, 0.05) is 38.4 Å². The second kappa shape index (κ2) is 15.7. The summed E-state index contributed by atoms with van der Waals surface area (Å²) in [5, 5.41) is 6.66. The van der Waals surface area contributed by atoms with E-state index in [0.29, 0.717) is 29.1 Å². The SMILES string of the molecule is CC1CC(C)(C)c2cccc(-c3cccc(-c4cccc(-n5c6ccccc6c6ccc7c8ccccc8n(-c8nc(-c9ccc(F)cc9)nc(-c9ccc%10ccccc%10c9)n8)c7c65)c4)c3)c2C1(C)C. The van der Waals surface area contributed by atoms with E-state index in [4.69, 9.17) is 15.0 Å². The van der Waals surface area contributed by atoms with E-state index >= 15 is 0 Å². The summed E-state index contributed by atoms with van der Waals surface area (Å²) in [6.07, 6.45) is 1.16. The van der Waals surface area contributed by atoms with Crippen LogP contribution in [0.3, 0.4) is 0 Å². The minimum atomic E-state index is -0.320. The molecular formula is C64H50FN5. The van der Waals surface area contributed by atoms with Crippen LogP contribution in [0.5, 0.6) is 0 Å². The zero-order chi connectivity index (χ0) is 47.5. The molecule has 13 rings (SSSR count). The minimum absolute atomic E-state index is 0.0313. The second-order valence-electron chi connectivity index (χ2n) is 20.5. The lowest BCUT2D eigenvalue weighted by atomic mass is 9.57. The number of aromatic nitrogens is 5. The predicted molar refractivity (Wildman–Crippen MR) is 288 cm³/mol. The Kier molecular flexibility index (Phi) is 9.38. The highest BCUT2D eigenvalue weighted by Gasteiger charge is 2.43. The van der Waals surface area contributed by atoms with E-state index in [9.17, 15) is 4.39 Å². The maximum atomic E-state index is 14.4. The van der Waals surface area contributed by atoms with Crippen molar-refractivity contribution in [2.45, 2.75) is 51.9 Å². The summed E-state index contributed by atoms with van der Waals surface area (Å²) in [6.45, 7) is 12.1. The van der Waals surface area contributed by atoms with Crippen molar-refractivity contribution in [2.24, 2.45) is 5.92 Å². The smallest absolute Gasteiger partial charge is 0.238 e. The minimum Gasteiger partial charge on any atom is -0.307 e. The summed E-state index contributed by atoms with van der Waals surface area (Å²) >= 11 is 0. The van der Waals surface area contributed by atoms with Crippen molar-refractivity contribution in [2.75, 3.05) is 0 Å². The molecule has 1 unspecified atom stereocenters. The normalized spacial score (nSPS) is 15.3. The van der Waals surface area contributed by atoms with E-state index in [2.05, 4.69) is 201 Å². The van der Waals surface area contributed by atoms with Crippen molar-refractivity contribution in [3.05, 3.63) is 211 Å². The monoisotopic (exact) mass is 907 g/mol. The van der Waals surface area contributed by atoms with Gasteiger partial charge in [0.05, 0.1) is 22.1 Å². The highest BCUT2D eigenvalue weighted by molar-refractivity contribution is 6.23. The molecule has 12 aromatic rings. The lowest BCUT2D eigenvalue weighted by molar-refractivity contribution is 0.234. The summed E-state index contributed by atoms with van der Waals surface area (Å²) in [6, 6.07) is 67.7. The molecular weight excluding hydrogens is 858 g/mol. The molecule has 0 aliphatic heterocycles. The highest BCUT2D eigenvalue weighted by Crippen LogP contribution is 2.52. The van der Waals surface area contributed by atoms with Gasteiger partial charge in [0.1, 0.15) is 5.82 Å². The van der Waals surface area contributed by atoms with E-state index in [1.807, 2.05) is 12.1 Å². The van der Waals surface area contributed by atoms with Crippen LogP contribution in [-0.2, 0) is 10.8 Å². The molecule has 6 heteroatoms. The van der Waals surface area contributed by atoms with Crippen LogP contribution < -0.4 is 0 Å². The lowest BCUT2D eigenvalue weighted by Crippen LogP contribution is -2.40. The Balaban J connectivity index is 1.05. The van der Waals surface area contributed by atoms with Gasteiger partial charge in [-0.25, -0.2) is 9.37 Å². The molecule has 0 saturated heterocycles. The molecule has 1 aliphatic rings.